The number of likely N-dealkylation sites (tertiary alicyclic amines) is 1. The molecule has 0 spiro atoms. The molecular formula is C21H24F3N7. The molecule has 2 aliphatic heterocycles. The van der Waals surface area contributed by atoms with Gasteiger partial charge in [0.2, 0.25) is 5.95 Å². The summed E-state index contributed by atoms with van der Waals surface area (Å²) in [6, 6.07) is 4.11. The molecule has 0 saturated carbocycles. The van der Waals surface area contributed by atoms with Crippen LogP contribution >= 0.6 is 0 Å². The summed E-state index contributed by atoms with van der Waals surface area (Å²) in [5, 5.41) is 7.24. The third-order valence-electron chi connectivity index (χ3n) is 6.18. The number of hydrogen-bond donors (Lipinski definition) is 3. The first-order valence-corrected chi connectivity index (χ1v) is 10.6. The maximum absolute atomic E-state index is 13.7. The lowest BCUT2D eigenvalue weighted by molar-refractivity contribution is -0.137. The molecule has 31 heavy (non-hydrogen) atoms. The van der Waals surface area contributed by atoms with Gasteiger partial charge in [0.25, 0.3) is 0 Å². The molecule has 0 amide bonds. The lowest BCUT2D eigenvalue weighted by atomic mass is 10.1. The van der Waals surface area contributed by atoms with Gasteiger partial charge >= 0.3 is 6.18 Å². The SMILES string of the molecule is FC(F)(F)c1cnc(NC2CCN(C3CCNCC3)C2)nc1-c1c[nH]c2ncccc12. The fourth-order valence-corrected chi connectivity index (χ4v) is 4.61. The van der Waals surface area contributed by atoms with Gasteiger partial charge in [0.1, 0.15) is 11.2 Å². The maximum Gasteiger partial charge on any atom is 0.419 e. The normalized spacial score (nSPS) is 21.1. The quantitative estimate of drug-likeness (QED) is 0.588. The van der Waals surface area contributed by atoms with E-state index in [1.165, 1.54) is 6.20 Å². The number of aromatic amines is 1. The van der Waals surface area contributed by atoms with E-state index in [-0.39, 0.29) is 17.7 Å². The smallest absolute Gasteiger partial charge is 0.350 e. The first kappa shape index (κ1) is 20.2. The third kappa shape index (κ3) is 4.09. The Morgan fingerprint density at radius 2 is 1.97 bits per heavy atom. The molecule has 0 radical (unpaired) electrons. The first-order valence-electron chi connectivity index (χ1n) is 10.6. The predicted octanol–water partition coefficient (Wildman–Crippen LogP) is 3.28. The third-order valence-corrected chi connectivity index (χ3v) is 6.18. The number of aromatic nitrogens is 4. The van der Waals surface area contributed by atoms with Crippen molar-refractivity contribution >= 4 is 17.0 Å². The molecule has 10 heteroatoms. The van der Waals surface area contributed by atoms with E-state index in [0.29, 0.717) is 22.6 Å². The van der Waals surface area contributed by atoms with E-state index in [1.54, 1.807) is 18.3 Å². The van der Waals surface area contributed by atoms with E-state index in [4.69, 9.17) is 0 Å². The Hall–Kier alpha value is -2.72. The monoisotopic (exact) mass is 431 g/mol. The number of H-pyrrole nitrogens is 1. The Labute approximate surface area is 177 Å². The van der Waals surface area contributed by atoms with Crippen LogP contribution in [0.5, 0.6) is 0 Å². The van der Waals surface area contributed by atoms with E-state index in [0.717, 1.165) is 51.6 Å². The summed E-state index contributed by atoms with van der Waals surface area (Å²) < 4.78 is 41.1. The summed E-state index contributed by atoms with van der Waals surface area (Å²) >= 11 is 0. The van der Waals surface area contributed by atoms with Crippen LogP contribution in [0, 0.1) is 0 Å². The van der Waals surface area contributed by atoms with Crippen LogP contribution in [0.1, 0.15) is 24.8 Å². The van der Waals surface area contributed by atoms with Gasteiger partial charge in [-0.3, -0.25) is 4.90 Å². The van der Waals surface area contributed by atoms with Gasteiger partial charge < -0.3 is 15.6 Å². The topological polar surface area (TPSA) is 81.8 Å². The Kier molecular flexibility index (Phi) is 5.27. The molecular weight excluding hydrogens is 407 g/mol. The number of alkyl halides is 3. The zero-order valence-electron chi connectivity index (χ0n) is 16.9. The molecule has 3 aromatic rings. The second-order valence-corrected chi connectivity index (χ2v) is 8.16. The van der Waals surface area contributed by atoms with Crippen molar-refractivity contribution in [1.29, 1.82) is 0 Å². The van der Waals surface area contributed by atoms with Crippen molar-refractivity contribution in [2.75, 3.05) is 31.5 Å². The molecule has 2 aliphatic rings. The highest BCUT2D eigenvalue weighted by Gasteiger charge is 2.36. The van der Waals surface area contributed by atoms with Crippen molar-refractivity contribution in [3.8, 4) is 11.3 Å². The van der Waals surface area contributed by atoms with E-state index in [2.05, 4.69) is 35.5 Å². The number of piperidine rings is 1. The second kappa shape index (κ2) is 8.08. The van der Waals surface area contributed by atoms with Crippen LogP contribution in [0.25, 0.3) is 22.3 Å². The molecule has 3 aromatic heterocycles. The largest absolute Gasteiger partial charge is 0.419 e. The molecule has 164 valence electrons. The number of pyridine rings is 1. The summed E-state index contributed by atoms with van der Waals surface area (Å²) in [6.07, 6.45) is 2.60. The van der Waals surface area contributed by atoms with Gasteiger partial charge in [-0.15, -0.1) is 0 Å². The number of anilines is 1. The molecule has 0 bridgehead atoms. The van der Waals surface area contributed by atoms with E-state index in [9.17, 15) is 13.2 Å². The Morgan fingerprint density at radius 1 is 1.13 bits per heavy atom. The van der Waals surface area contributed by atoms with Crippen molar-refractivity contribution in [2.45, 2.75) is 37.5 Å². The summed E-state index contributed by atoms with van der Waals surface area (Å²) in [5.41, 5.74) is -0.112. The van der Waals surface area contributed by atoms with Gasteiger partial charge in [0.15, 0.2) is 0 Å². The maximum atomic E-state index is 13.7. The average molecular weight is 431 g/mol. The van der Waals surface area contributed by atoms with Crippen LogP contribution in [0.4, 0.5) is 19.1 Å². The standard InChI is InChI=1S/C21H24F3N7/c22-21(23,24)17-11-28-20(29-13-5-9-31(12-13)14-3-7-25-8-4-14)30-18(17)16-10-27-19-15(16)2-1-6-26-19/h1-2,6,10-11,13-14,25H,3-5,7-9,12H2,(H,26,27)(H,28,29,30). The number of nitrogens with one attached hydrogen (secondary N) is 3. The van der Waals surface area contributed by atoms with Crippen molar-refractivity contribution in [2.24, 2.45) is 0 Å². The van der Waals surface area contributed by atoms with Crippen molar-refractivity contribution in [1.82, 2.24) is 30.2 Å². The molecule has 0 aromatic carbocycles. The highest BCUT2D eigenvalue weighted by atomic mass is 19.4. The zero-order chi connectivity index (χ0) is 21.4. The number of rotatable bonds is 4. The van der Waals surface area contributed by atoms with Gasteiger partial charge in [-0.1, -0.05) is 0 Å². The fourth-order valence-electron chi connectivity index (χ4n) is 4.61. The highest BCUT2D eigenvalue weighted by molar-refractivity contribution is 5.93. The zero-order valence-corrected chi connectivity index (χ0v) is 16.9. The molecule has 5 rings (SSSR count). The number of fused-ring (bicyclic) bond motifs is 1. The minimum Gasteiger partial charge on any atom is -0.350 e. The number of halogens is 3. The van der Waals surface area contributed by atoms with E-state index in [1.807, 2.05) is 0 Å². The van der Waals surface area contributed by atoms with Gasteiger partial charge in [-0.25, -0.2) is 15.0 Å². The van der Waals surface area contributed by atoms with Crippen LogP contribution < -0.4 is 10.6 Å². The van der Waals surface area contributed by atoms with Crippen LogP contribution in [-0.2, 0) is 6.18 Å². The predicted molar refractivity (Wildman–Crippen MR) is 112 cm³/mol. The number of nitrogens with zero attached hydrogens (tertiary/aromatic N) is 4. The summed E-state index contributed by atoms with van der Waals surface area (Å²) in [4.78, 5) is 17.9. The Balaban J connectivity index is 1.41. The lowest BCUT2D eigenvalue weighted by Gasteiger charge is -2.31. The van der Waals surface area contributed by atoms with E-state index < -0.39 is 11.7 Å². The minimum atomic E-state index is -4.56. The van der Waals surface area contributed by atoms with Crippen LogP contribution in [0.2, 0.25) is 0 Å². The average Bonchev–Trinajstić information content (AvgIpc) is 3.41. The van der Waals surface area contributed by atoms with Crippen LogP contribution in [0.3, 0.4) is 0 Å². The van der Waals surface area contributed by atoms with Gasteiger partial charge in [-0.05, 0) is 44.5 Å². The first-order chi connectivity index (χ1) is 15.0. The van der Waals surface area contributed by atoms with Crippen molar-refractivity contribution in [3.63, 3.8) is 0 Å². The molecule has 1 atom stereocenters. The van der Waals surface area contributed by atoms with Gasteiger partial charge in [0.05, 0.1) is 5.69 Å². The molecule has 2 saturated heterocycles. The second-order valence-electron chi connectivity index (χ2n) is 8.16. The molecule has 2 fully saturated rings. The highest BCUT2D eigenvalue weighted by Crippen LogP contribution is 2.38. The van der Waals surface area contributed by atoms with Crippen LogP contribution in [-0.4, -0.2) is 63.1 Å². The molecule has 1 unspecified atom stereocenters. The van der Waals surface area contributed by atoms with Gasteiger partial charge in [0, 0.05) is 54.7 Å². The minimum absolute atomic E-state index is 0.115. The molecule has 3 N–H and O–H groups in total. The van der Waals surface area contributed by atoms with E-state index >= 15 is 0 Å². The summed E-state index contributed by atoms with van der Waals surface area (Å²) in [7, 11) is 0. The molecule has 0 aliphatic carbocycles. The Bertz CT molecular complexity index is 1060. The Morgan fingerprint density at radius 3 is 2.77 bits per heavy atom. The molecule has 5 heterocycles. The fraction of sp³-hybridized carbons (Fsp3) is 0.476. The summed E-state index contributed by atoms with van der Waals surface area (Å²) in [5.74, 6) is 0.221. The molecule has 7 nitrogen and oxygen atoms in total. The van der Waals surface area contributed by atoms with Crippen molar-refractivity contribution in [3.05, 3.63) is 36.3 Å². The number of hydrogen-bond acceptors (Lipinski definition) is 6. The summed E-state index contributed by atoms with van der Waals surface area (Å²) in [6.45, 7) is 3.89. The van der Waals surface area contributed by atoms with Gasteiger partial charge in [-0.2, -0.15) is 13.2 Å². The van der Waals surface area contributed by atoms with Crippen molar-refractivity contribution < 1.29 is 13.2 Å². The lowest BCUT2D eigenvalue weighted by Crippen LogP contribution is -2.42. The van der Waals surface area contributed by atoms with Crippen LogP contribution in [0.15, 0.2) is 30.7 Å².